The number of benzene rings is 1. The van der Waals surface area contributed by atoms with Crippen LogP contribution in [-0.2, 0) is 9.31 Å². The van der Waals surface area contributed by atoms with Crippen molar-refractivity contribution in [3.05, 3.63) is 35.5 Å². The zero-order valence-electron chi connectivity index (χ0n) is 15.3. The molecule has 5 heteroatoms. The Morgan fingerprint density at radius 2 is 1.83 bits per heavy atom. The second-order valence-corrected chi connectivity index (χ2v) is 7.85. The lowest BCUT2D eigenvalue weighted by molar-refractivity contribution is 0.00578. The Labute approximate surface area is 145 Å². The lowest BCUT2D eigenvalue weighted by Gasteiger charge is -2.32. The average Bonchev–Trinajstić information content (AvgIpc) is 3.27. The molecule has 0 amide bonds. The quantitative estimate of drug-likeness (QED) is 0.641. The molecule has 2 aliphatic rings. The van der Waals surface area contributed by atoms with E-state index in [4.69, 9.17) is 14.7 Å². The Morgan fingerprint density at radius 3 is 2.33 bits per heavy atom. The van der Waals surface area contributed by atoms with Gasteiger partial charge in [0.1, 0.15) is 0 Å². The Kier molecular flexibility index (Phi) is 4.35. The van der Waals surface area contributed by atoms with Gasteiger partial charge in [-0.05, 0) is 82.6 Å². The third kappa shape index (κ3) is 3.28. The molecule has 0 spiro atoms. The molecular formula is C19H27BN2O2. The van der Waals surface area contributed by atoms with Crippen molar-refractivity contribution in [1.82, 2.24) is 0 Å². The fourth-order valence-electron chi connectivity index (χ4n) is 2.92. The summed E-state index contributed by atoms with van der Waals surface area (Å²) in [6.45, 7) is 10.4. The van der Waals surface area contributed by atoms with Crippen molar-refractivity contribution in [3.63, 3.8) is 0 Å². The van der Waals surface area contributed by atoms with Crippen LogP contribution in [0.1, 0.15) is 46.1 Å². The zero-order chi connectivity index (χ0) is 17.5. The molecule has 1 aromatic carbocycles. The first-order valence-corrected chi connectivity index (χ1v) is 8.67. The van der Waals surface area contributed by atoms with Crippen LogP contribution in [0.3, 0.4) is 0 Å². The van der Waals surface area contributed by atoms with E-state index in [-0.39, 0.29) is 18.3 Å². The van der Waals surface area contributed by atoms with Crippen LogP contribution in [0.5, 0.6) is 0 Å². The molecule has 2 N–H and O–H groups in total. The lowest BCUT2D eigenvalue weighted by Crippen LogP contribution is -2.41. The van der Waals surface area contributed by atoms with Crippen molar-refractivity contribution in [2.75, 3.05) is 5.32 Å². The third-order valence-electron chi connectivity index (χ3n) is 5.35. The molecule has 1 aliphatic carbocycles. The number of anilines is 1. The molecule has 3 rings (SSSR count). The third-order valence-corrected chi connectivity index (χ3v) is 5.35. The first kappa shape index (κ1) is 17.2. The largest absolute Gasteiger partial charge is 0.495 e. The van der Waals surface area contributed by atoms with Gasteiger partial charge in [0.25, 0.3) is 0 Å². The normalized spacial score (nSPS) is 22.5. The fourth-order valence-corrected chi connectivity index (χ4v) is 2.92. The first-order chi connectivity index (χ1) is 11.2. The summed E-state index contributed by atoms with van der Waals surface area (Å²) >= 11 is 0. The fraction of sp³-hybridized carbons (Fsp3) is 0.526. The molecular weight excluding hydrogens is 299 g/mol. The summed E-state index contributed by atoms with van der Waals surface area (Å²) in [7, 11) is -0.330. The van der Waals surface area contributed by atoms with Gasteiger partial charge in [-0.25, -0.2) is 0 Å². The molecule has 0 bridgehead atoms. The summed E-state index contributed by atoms with van der Waals surface area (Å²) in [5, 5.41) is 10.8. The van der Waals surface area contributed by atoms with Gasteiger partial charge >= 0.3 is 7.12 Å². The highest BCUT2D eigenvalue weighted by atomic mass is 16.7. The van der Waals surface area contributed by atoms with Crippen molar-refractivity contribution in [3.8, 4) is 0 Å². The molecule has 1 saturated carbocycles. The summed E-state index contributed by atoms with van der Waals surface area (Å²) in [6, 6.07) is 6.27. The average molecular weight is 326 g/mol. The molecule has 1 aliphatic heterocycles. The monoisotopic (exact) mass is 326 g/mol. The number of hydrogen-bond donors (Lipinski definition) is 2. The minimum atomic E-state index is -0.330. The second-order valence-electron chi connectivity index (χ2n) is 7.85. The van der Waals surface area contributed by atoms with E-state index < -0.39 is 0 Å². The topological polar surface area (TPSA) is 54.3 Å². The number of allylic oxidation sites excluding steroid dienone is 2. The van der Waals surface area contributed by atoms with Crippen molar-refractivity contribution < 1.29 is 9.31 Å². The van der Waals surface area contributed by atoms with Crippen LogP contribution in [0.4, 0.5) is 5.69 Å². The van der Waals surface area contributed by atoms with Crippen LogP contribution in [0, 0.1) is 18.3 Å². The standard InChI is InChI=1S/C19H27BN2O2/c1-13-12-15(22-17(10-11-21)14-6-7-14)8-9-16(13)20-23-18(2,3)19(4,5)24-20/h8-12,14,21-22H,6-7H2,1-5H3/b17-10-,21-11?. The highest BCUT2D eigenvalue weighted by Gasteiger charge is 2.52. The predicted octanol–water partition coefficient (Wildman–Crippen LogP) is 3.65. The van der Waals surface area contributed by atoms with E-state index >= 15 is 0 Å². The van der Waals surface area contributed by atoms with Crippen LogP contribution in [0.25, 0.3) is 0 Å². The Bertz CT molecular complexity index is 662. The molecule has 4 nitrogen and oxygen atoms in total. The molecule has 0 atom stereocenters. The van der Waals surface area contributed by atoms with Gasteiger partial charge < -0.3 is 20.0 Å². The van der Waals surface area contributed by atoms with E-state index in [0.717, 1.165) is 22.4 Å². The Balaban J connectivity index is 1.78. The number of nitrogens with one attached hydrogen (secondary N) is 2. The summed E-state index contributed by atoms with van der Waals surface area (Å²) < 4.78 is 12.3. The maximum absolute atomic E-state index is 7.31. The van der Waals surface area contributed by atoms with Crippen molar-refractivity contribution >= 4 is 24.5 Å². The van der Waals surface area contributed by atoms with Gasteiger partial charge in [0.05, 0.1) is 11.2 Å². The molecule has 24 heavy (non-hydrogen) atoms. The number of aryl methyl sites for hydroxylation is 1. The molecule has 128 valence electrons. The number of rotatable bonds is 5. The summed E-state index contributed by atoms with van der Waals surface area (Å²) in [5.41, 5.74) is 3.74. The van der Waals surface area contributed by atoms with Gasteiger partial charge in [-0.15, -0.1) is 0 Å². The Hall–Kier alpha value is -1.59. The minimum absolute atomic E-state index is 0.327. The van der Waals surface area contributed by atoms with Gasteiger partial charge in [0, 0.05) is 17.6 Å². The smallest absolute Gasteiger partial charge is 0.399 e. The van der Waals surface area contributed by atoms with E-state index in [2.05, 4.69) is 58.1 Å². The molecule has 1 heterocycles. The van der Waals surface area contributed by atoms with Crippen LogP contribution in [0.2, 0.25) is 0 Å². The van der Waals surface area contributed by atoms with Crippen molar-refractivity contribution in [1.29, 1.82) is 5.41 Å². The number of hydrogen-bond acceptors (Lipinski definition) is 4. The van der Waals surface area contributed by atoms with Crippen LogP contribution in [-0.4, -0.2) is 24.5 Å². The molecule has 2 fully saturated rings. The van der Waals surface area contributed by atoms with Crippen molar-refractivity contribution in [2.45, 2.75) is 58.7 Å². The summed E-state index contributed by atoms with van der Waals surface area (Å²) in [6.07, 6.45) is 5.62. The molecule has 0 aromatic heterocycles. The van der Waals surface area contributed by atoms with E-state index in [0.29, 0.717) is 5.92 Å². The molecule has 1 aromatic rings. The second kappa shape index (κ2) is 6.05. The van der Waals surface area contributed by atoms with E-state index in [1.165, 1.54) is 19.1 Å². The van der Waals surface area contributed by atoms with Gasteiger partial charge in [-0.1, -0.05) is 6.07 Å². The SMILES string of the molecule is Cc1cc(N/C(=C\C=N)C2CC2)ccc1B1OC(C)(C)C(C)(C)O1. The van der Waals surface area contributed by atoms with Gasteiger partial charge in [-0.2, -0.15) is 0 Å². The minimum Gasteiger partial charge on any atom is -0.399 e. The summed E-state index contributed by atoms with van der Waals surface area (Å²) in [4.78, 5) is 0. The van der Waals surface area contributed by atoms with Gasteiger partial charge in [0.15, 0.2) is 0 Å². The van der Waals surface area contributed by atoms with Crippen LogP contribution in [0.15, 0.2) is 30.0 Å². The van der Waals surface area contributed by atoms with E-state index in [1.807, 2.05) is 6.08 Å². The first-order valence-electron chi connectivity index (χ1n) is 8.67. The highest BCUT2D eigenvalue weighted by molar-refractivity contribution is 6.62. The van der Waals surface area contributed by atoms with Crippen molar-refractivity contribution in [2.24, 2.45) is 5.92 Å². The van der Waals surface area contributed by atoms with Gasteiger partial charge in [-0.3, -0.25) is 0 Å². The van der Waals surface area contributed by atoms with Crippen LogP contribution >= 0.6 is 0 Å². The molecule has 1 saturated heterocycles. The van der Waals surface area contributed by atoms with E-state index in [1.54, 1.807) is 0 Å². The maximum atomic E-state index is 7.31. The highest BCUT2D eigenvalue weighted by Crippen LogP contribution is 2.38. The maximum Gasteiger partial charge on any atom is 0.495 e. The zero-order valence-corrected chi connectivity index (χ0v) is 15.3. The van der Waals surface area contributed by atoms with Gasteiger partial charge in [0.2, 0.25) is 0 Å². The van der Waals surface area contributed by atoms with E-state index in [9.17, 15) is 0 Å². The molecule has 0 radical (unpaired) electrons. The molecule has 0 unspecified atom stereocenters. The van der Waals surface area contributed by atoms with Crippen LogP contribution < -0.4 is 10.8 Å². The Morgan fingerprint density at radius 1 is 1.21 bits per heavy atom. The summed E-state index contributed by atoms with van der Waals surface area (Å²) in [5.74, 6) is 0.578. The predicted molar refractivity (Wildman–Crippen MR) is 100 cm³/mol. The lowest BCUT2D eigenvalue weighted by atomic mass is 9.76.